The second-order valence-corrected chi connectivity index (χ2v) is 4.26. The zero-order chi connectivity index (χ0) is 15.2. The van der Waals surface area contributed by atoms with Crippen LogP contribution in [0, 0.1) is 10.1 Å². The minimum absolute atomic E-state index is 0.00574. The van der Waals surface area contributed by atoms with Gasteiger partial charge < -0.3 is 9.25 Å². The molecule has 1 heterocycles. The highest BCUT2D eigenvalue weighted by atomic mass is 16.6. The second-order valence-electron chi connectivity index (χ2n) is 4.26. The summed E-state index contributed by atoms with van der Waals surface area (Å²) in [5.74, 6) is 0.565. The first-order chi connectivity index (χ1) is 10.1. The maximum absolute atomic E-state index is 10.6. The van der Waals surface area contributed by atoms with Crippen LogP contribution in [0.25, 0.3) is 11.5 Å². The van der Waals surface area contributed by atoms with E-state index in [9.17, 15) is 10.1 Å². The van der Waals surface area contributed by atoms with Gasteiger partial charge in [0.2, 0.25) is 5.89 Å². The molecule has 2 rings (SSSR count). The third-order valence-electron chi connectivity index (χ3n) is 2.71. The van der Waals surface area contributed by atoms with Gasteiger partial charge in [0.05, 0.1) is 10.6 Å². The van der Waals surface area contributed by atoms with Crippen LogP contribution in [0.2, 0.25) is 0 Å². The molecule has 0 aliphatic rings. The lowest BCUT2D eigenvalue weighted by atomic mass is 10.2. The van der Waals surface area contributed by atoms with E-state index in [4.69, 9.17) is 9.25 Å². The van der Waals surface area contributed by atoms with Crippen LogP contribution < -0.4 is 0 Å². The van der Waals surface area contributed by atoms with E-state index in [1.165, 1.54) is 12.1 Å². The fraction of sp³-hybridized carbons (Fsp3) is 0.308. The molecule has 0 bridgehead atoms. The van der Waals surface area contributed by atoms with Gasteiger partial charge in [0.15, 0.2) is 6.61 Å². The summed E-state index contributed by atoms with van der Waals surface area (Å²) >= 11 is 0. The average Bonchev–Trinajstić information content (AvgIpc) is 2.96. The molecule has 1 aromatic carbocycles. The number of nitro benzene ring substituents is 1. The molecule has 0 fully saturated rings. The van der Waals surface area contributed by atoms with Gasteiger partial charge in [0, 0.05) is 17.7 Å². The quantitative estimate of drug-likeness (QED) is 0.460. The van der Waals surface area contributed by atoms with Crippen molar-refractivity contribution in [2.45, 2.75) is 26.9 Å². The van der Waals surface area contributed by atoms with Gasteiger partial charge in [-0.1, -0.05) is 12.1 Å². The maximum atomic E-state index is 10.6. The normalized spacial score (nSPS) is 11.4. The predicted octanol–water partition coefficient (Wildman–Crippen LogP) is 2.95. The van der Waals surface area contributed by atoms with Crippen molar-refractivity contribution in [2.75, 3.05) is 0 Å². The smallest absolute Gasteiger partial charge is 0.269 e. The summed E-state index contributed by atoms with van der Waals surface area (Å²) in [5.41, 5.74) is 1.48. The van der Waals surface area contributed by atoms with E-state index >= 15 is 0 Å². The molecule has 21 heavy (non-hydrogen) atoms. The van der Waals surface area contributed by atoms with E-state index in [0.29, 0.717) is 5.56 Å². The van der Waals surface area contributed by atoms with E-state index in [2.05, 4.69) is 15.4 Å². The summed E-state index contributed by atoms with van der Waals surface area (Å²) in [7, 11) is 0. The molecule has 8 nitrogen and oxygen atoms in total. The number of non-ortho nitro benzene ring substituents is 1. The Morgan fingerprint density at radius 3 is 2.71 bits per heavy atom. The highest BCUT2D eigenvalue weighted by Crippen LogP contribution is 2.21. The van der Waals surface area contributed by atoms with E-state index < -0.39 is 4.92 Å². The first kappa shape index (κ1) is 14.6. The summed E-state index contributed by atoms with van der Waals surface area (Å²) in [6.45, 7) is 3.91. The fourth-order valence-electron chi connectivity index (χ4n) is 1.42. The first-order valence-corrected chi connectivity index (χ1v) is 6.32. The van der Waals surface area contributed by atoms with Crippen molar-refractivity contribution in [3.8, 4) is 11.5 Å². The molecule has 0 saturated carbocycles. The van der Waals surface area contributed by atoms with E-state index in [1.807, 2.05) is 13.8 Å². The molecular formula is C13H14N4O4. The Morgan fingerprint density at radius 2 is 2.10 bits per heavy atom. The number of hydrogen-bond donors (Lipinski definition) is 0. The number of rotatable bonds is 6. The number of oxime groups is 1. The molecule has 0 aliphatic heterocycles. The van der Waals surface area contributed by atoms with Crippen LogP contribution >= 0.6 is 0 Å². The largest absolute Gasteiger partial charge is 0.417 e. The Bertz CT molecular complexity index is 648. The Balaban J connectivity index is 2.04. The highest BCUT2D eigenvalue weighted by molar-refractivity contribution is 5.80. The Kier molecular flexibility index (Phi) is 4.60. The first-order valence-electron chi connectivity index (χ1n) is 6.32. The molecule has 1 aromatic heterocycles. The lowest BCUT2D eigenvalue weighted by Gasteiger charge is -1.96. The minimum atomic E-state index is -0.467. The van der Waals surface area contributed by atoms with Crippen molar-refractivity contribution < 1.29 is 14.2 Å². The van der Waals surface area contributed by atoms with Gasteiger partial charge in [0.1, 0.15) is 0 Å². The summed E-state index contributed by atoms with van der Waals surface area (Å²) in [5, 5.41) is 22.1. The lowest BCUT2D eigenvalue weighted by molar-refractivity contribution is -0.384. The Hall–Kier alpha value is -2.77. The molecule has 0 radical (unpaired) electrons. The van der Waals surface area contributed by atoms with Crippen LogP contribution in [0.1, 0.15) is 26.2 Å². The van der Waals surface area contributed by atoms with Crippen molar-refractivity contribution in [1.29, 1.82) is 0 Å². The monoisotopic (exact) mass is 290 g/mol. The predicted molar refractivity (Wildman–Crippen MR) is 74.6 cm³/mol. The van der Waals surface area contributed by atoms with Crippen molar-refractivity contribution in [2.24, 2.45) is 5.16 Å². The van der Waals surface area contributed by atoms with Crippen LogP contribution in [0.15, 0.2) is 33.8 Å². The molecule has 2 aromatic rings. The van der Waals surface area contributed by atoms with Crippen LogP contribution in [-0.2, 0) is 11.4 Å². The van der Waals surface area contributed by atoms with Gasteiger partial charge in [-0.2, -0.15) is 0 Å². The highest BCUT2D eigenvalue weighted by Gasteiger charge is 2.11. The molecule has 0 amide bonds. The van der Waals surface area contributed by atoms with Crippen LogP contribution in [0.3, 0.4) is 0 Å². The number of benzene rings is 1. The van der Waals surface area contributed by atoms with Crippen LogP contribution in [0.4, 0.5) is 5.69 Å². The minimum Gasteiger partial charge on any atom is -0.417 e. The second kappa shape index (κ2) is 6.60. The Morgan fingerprint density at radius 1 is 1.38 bits per heavy atom. The standard InChI is InChI=1S/C13H14N4O4/c1-3-9(2)16-20-8-12-14-15-13(21-12)10-4-6-11(7-5-10)17(18)19/h4-7H,3,8H2,1-2H3. The Labute approximate surface area is 120 Å². The summed E-state index contributed by atoms with van der Waals surface area (Å²) in [6.07, 6.45) is 0.803. The van der Waals surface area contributed by atoms with Crippen molar-refractivity contribution in [3.63, 3.8) is 0 Å². The molecule has 8 heteroatoms. The van der Waals surface area contributed by atoms with E-state index in [-0.39, 0.29) is 24.1 Å². The van der Waals surface area contributed by atoms with Gasteiger partial charge >= 0.3 is 0 Å². The van der Waals surface area contributed by atoms with Gasteiger partial charge in [-0.3, -0.25) is 10.1 Å². The zero-order valence-electron chi connectivity index (χ0n) is 11.6. The number of nitrogens with zero attached hydrogens (tertiary/aromatic N) is 4. The summed E-state index contributed by atoms with van der Waals surface area (Å²) in [4.78, 5) is 15.2. The third kappa shape index (κ3) is 3.85. The van der Waals surface area contributed by atoms with E-state index in [1.54, 1.807) is 12.1 Å². The third-order valence-corrected chi connectivity index (χ3v) is 2.71. The molecule has 0 aliphatic carbocycles. The molecule has 0 spiro atoms. The number of nitro groups is 1. The van der Waals surface area contributed by atoms with E-state index in [0.717, 1.165) is 12.1 Å². The topological polar surface area (TPSA) is 104 Å². The maximum Gasteiger partial charge on any atom is 0.269 e. The van der Waals surface area contributed by atoms with Gasteiger partial charge in [-0.25, -0.2) is 0 Å². The SMILES string of the molecule is CCC(C)=NOCc1nnc(-c2ccc([N+](=O)[O-])cc2)o1. The molecule has 0 saturated heterocycles. The average molecular weight is 290 g/mol. The van der Waals surface area contributed by atoms with Gasteiger partial charge in [0.25, 0.3) is 11.6 Å². The van der Waals surface area contributed by atoms with Crippen molar-refractivity contribution in [3.05, 3.63) is 40.3 Å². The lowest BCUT2D eigenvalue weighted by Crippen LogP contribution is -1.92. The molecule has 0 unspecified atom stereocenters. The van der Waals surface area contributed by atoms with Crippen LogP contribution in [-0.4, -0.2) is 20.8 Å². The number of hydrogen-bond acceptors (Lipinski definition) is 7. The van der Waals surface area contributed by atoms with Crippen molar-refractivity contribution >= 4 is 11.4 Å². The molecule has 110 valence electrons. The van der Waals surface area contributed by atoms with Crippen molar-refractivity contribution in [1.82, 2.24) is 10.2 Å². The molecular weight excluding hydrogens is 276 g/mol. The molecule has 0 N–H and O–H groups in total. The zero-order valence-corrected chi connectivity index (χ0v) is 11.6. The number of aromatic nitrogens is 2. The fourth-order valence-corrected chi connectivity index (χ4v) is 1.42. The van der Waals surface area contributed by atoms with Crippen LogP contribution in [0.5, 0.6) is 0 Å². The van der Waals surface area contributed by atoms with Gasteiger partial charge in [-0.05, 0) is 25.5 Å². The van der Waals surface area contributed by atoms with Gasteiger partial charge in [-0.15, -0.1) is 10.2 Å². The summed E-state index contributed by atoms with van der Waals surface area (Å²) in [6, 6.07) is 5.86. The summed E-state index contributed by atoms with van der Waals surface area (Å²) < 4.78 is 5.40. The molecule has 0 atom stereocenters.